The lowest BCUT2D eigenvalue weighted by atomic mass is 10.5. The molecular weight excluding hydrogens is 125 g/mol. The van der Waals surface area contributed by atoms with Gasteiger partial charge in [0.05, 0.1) is 0 Å². The van der Waals surface area contributed by atoms with Gasteiger partial charge in [-0.3, -0.25) is 4.79 Å². The van der Waals surface area contributed by atoms with Gasteiger partial charge >= 0.3 is 0 Å². The van der Waals surface area contributed by atoms with Crippen molar-refractivity contribution in [2.24, 2.45) is 0 Å². The maximum atomic E-state index is 11.4. The molecule has 0 aliphatic heterocycles. The molecule has 0 saturated heterocycles. The van der Waals surface area contributed by atoms with Crippen LogP contribution >= 0.6 is 11.6 Å². The predicted molar refractivity (Wildman–Crippen MR) is 21.7 cm³/mol. The number of rotatable bonds is 2. The average Bonchev–Trinajstić information content (AvgIpc) is 1.65. The van der Waals surface area contributed by atoms with Crippen molar-refractivity contribution in [2.75, 3.05) is 6.67 Å². The maximum absolute atomic E-state index is 11.4. The number of alkyl halides is 2. The first-order valence-electron chi connectivity index (χ1n) is 1.58. The molecule has 1 nitrogen and oxygen atoms in total. The van der Waals surface area contributed by atoms with Crippen molar-refractivity contribution < 1.29 is 13.6 Å². The molecule has 0 aromatic carbocycles. The lowest BCUT2D eigenvalue weighted by Gasteiger charge is -1.89. The van der Waals surface area contributed by atoms with E-state index < -0.39 is 18.1 Å². The molecular formula is C3H3ClF2O. The number of carbonyl (C=O) groups is 1. The van der Waals surface area contributed by atoms with Crippen LogP contribution in [0.25, 0.3) is 0 Å². The van der Waals surface area contributed by atoms with Crippen molar-refractivity contribution in [3.05, 3.63) is 0 Å². The molecule has 0 spiro atoms. The quantitative estimate of drug-likeness (QED) is 0.509. The smallest absolute Gasteiger partial charge is 0.258 e. The molecule has 0 fully saturated rings. The van der Waals surface area contributed by atoms with E-state index in [-0.39, 0.29) is 0 Å². The van der Waals surface area contributed by atoms with Crippen molar-refractivity contribution in [3.63, 3.8) is 0 Å². The molecule has 0 amide bonds. The molecule has 0 aromatic heterocycles. The summed E-state index contributed by atoms with van der Waals surface area (Å²) in [6.45, 7) is -1.33. The standard InChI is InChI=1S/C3H3ClF2O/c4-3(7)2(6)1-5/h2H,1H2. The molecule has 0 rings (SSSR count). The third kappa shape index (κ3) is 2.51. The Bertz CT molecular complexity index is 75.3. The summed E-state index contributed by atoms with van der Waals surface area (Å²) >= 11 is 4.47. The normalized spacial score (nSPS) is 13.6. The minimum Gasteiger partial charge on any atom is -0.278 e. The van der Waals surface area contributed by atoms with Gasteiger partial charge in [-0.2, -0.15) is 0 Å². The molecule has 0 aromatic rings. The Kier molecular flexibility index (Phi) is 2.83. The highest BCUT2D eigenvalue weighted by Crippen LogP contribution is 1.95. The van der Waals surface area contributed by atoms with Crippen molar-refractivity contribution in [2.45, 2.75) is 6.17 Å². The van der Waals surface area contributed by atoms with Gasteiger partial charge < -0.3 is 0 Å². The molecule has 0 aliphatic carbocycles. The fourth-order valence-electron chi connectivity index (χ4n) is 0.0607. The van der Waals surface area contributed by atoms with Crippen LogP contribution in [0.15, 0.2) is 0 Å². The maximum Gasteiger partial charge on any atom is 0.258 e. The summed E-state index contributed by atoms with van der Waals surface area (Å²) in [4.78, 5) is 9.53. The van der Waals surface area contributed by atoms with E-state index in [1.807, 2.05) is 0 Å². The summed E-state index contributed by atoms with van der Waals surface area (Å²) in [6.07, 6.45) is -2.14. The van der Waals surface area contributed by atoms with E-state index in [1.54, 1.807) is 0 Å². The first kappa shape index (κ1) is 6.82. The Hall–Kier alpha value is -0.180. The van der Waals surface area contributed by atoms with Crippen LogP contribution in [0.1, 0.15) is 0 Å². The van der Waals surface area contributed by atoms with E-state index in [1.165, 1.54) is 0 Å². The van der Waals surface area contributed by atoms with Crippen LogP contribution in [-0.4, -0.2) is 18.1 Å². The second-order valence-corrected chi connectivity index (χ2v) is 1.30. The second-order valence-electron chi connectivity index (χ2n) is 0.926. The minimum absolute atomic E-state index is 1.28. The second kappa shape index (κ2) is 2.91. The third-order valence-electron chi connectivity index (χ3n) is 0.382. The van der Waals surface area contributed by atoms with Gasteiger partial charge in [0.25, 0.3) is 5.24 Å². The minimum atomic E-state index is -2.14. The number of carbonyl (C=O) groups excluding carboxylic acids is 1. The van der Waals surface area contributed by atoms with Crippen LogP contribution in [0.4, 0.5) is 8.78 Å². The summed E-state index contributed by atoms with van der Waals surface area (Å²) in [7, 11) is 0. The largest absolute Gasteiger partial charge is 0.278 e. The van der Waals surface area contributed by atoms with Gasteiger partial charge in [-0.1, -0.05) is 0 Å². The molecule has 0 radical (unpaired) electrons. The lowest BCUT2D eigenvalue weighted by molar-refractivity contribution is -0.116. The van der Waals surface area contributed by atoms with E-state index in [2.05, 4.69) is 11.6 Å². The first-order chi connectivity index (χ1) is 3.18. The van der Waals surface area contributed by atoms with E-state index >= 15 is 0 Å². The topological polar surface area (TPSA) is 17.1 Å². The Morgan fingerprint density at radius 1 is 1.86 bits per heavy atom. The predicted octanol–water partition coefficient (Wildman–Crippen LogP) is 1.06. The molecule has 0 aliphatic rings. The van der Waals surface area contributed by atoms with Gasteiger partial charge in [0.15, 0.2) is 0 Å². The monoisotopic (exact) mass is 128 g/mol. The van der Waals surface area contributed by atoms with E-state index in [9.17, 15) is 13.6 Å². The summed E-state index contributed by atoms with van der Waals surface area (Å²) in [5.41, 5.74) is 0. The zero-order chi connectivity index (χ0) is 5.86. The molecule has 1 unspecified atom stereocenters. The van der Waals surface area contributed by atoms with Gasteiger partial charge in [-0.15, -0.1) is 0 Å². The van der Waals surface area contributed by atoms with Gasteiger partial charge in [0.2, 0.25) is 6.17 Å². The Labute approximate surface area is 44.3 Å². The highest BCUT2D eigenvalue weighted by atomic mass is 35.5. The van der Waals surface area contributed by atoms with Gasteiger partial charge in [0, 0.05) is 0 Å². The highest BCUT2D eigenvalue weighted by molar-refractivity contribution is 6.64. The number of hydrogen-bond acceptors (Lipinski definition) is 1. The lowest BCUT2D eigenvalue weighted by Crippen LogP contribution is -2.10. The molecule has 42 valence electrons. The molecule has 0 N–H and O–H groups in total. The highest BCUT2D eigenvalue weighted by Gasteiger charge is 2.12. The first-order valence-corrected chi connectivity index (χ1v) is 1.95. The van der Waals surface area contributed by atoms with Gasteiger partial charge in [-0.25, -0.2) is 8.78 Å². The van der Waals surface area contributed by atoms with Crippen molar-refractivity contribution >= 4 is 16.8 Å². The van der Waals surface area contributed by atoms with Crippen LogP contribution in [0.5, 0.6) is 0 Å². The van der Waals surface area contributed by atoms with Crippen LogP contribution in [0.3, 0.4) is 0 Å². The average molecular weight is 129 g/mol. The fourth-order valence-corrected chi connectivity index (χ4v) is 0.119. The molecule has 7 heavy (non-hydrogen) atoms. The number of halogens is 3. The van der Waals surface area contributed by atoms with Crippen LogP contribution < -0.4 is 0 Å². The summed E-state index contributed by atoms with van der Waals surface area (Å²) in [5, 5.41) is -1.28. The van der Waals surface area contributed by atoms with Crippen molar-refractivity contribution in [1.29, 1.82) is 0 Å². The van der Waals surface area contributed by atoms with Crippen LogP contribution in [0.2, 0.25) is 0 Å². The third-order valence-corrected chi connectivity index (χ3v) is 0.619. The van der Waals surface area contributed by atoms with Gasteiger partial charge in [0.1, 0.15) is 6.67 Å². The summed E-state index contributed by atoms with van der Waals surface area (Å²) < 4.78 is 22.4. The molecule has 0 bridgehead atoms. The van der Waals surface area contributed by atoms with Crippen molar-refractivity contribution in [1.82, 2.24) is 0 Å². The summed E-state index contributed by atoms with van der Waals surface area (Å²) in [6, 6.07) is 0. The van der Waals surface area contributed by atoms with Crippen molar-refractivity contribution in [3.8, 4) is 0 Å². The van der Waals surface area contributed by atoms with E-state index in [0.29, 0.717) is 0 Å². The molecule has 0 heterocycles. The van der Waals surface area contributed by atoms with Crippen LogP contribution in [0, 0.1) is 0 Å². The van der Waals surface area contributed by atoms with Gasteiger partial charge in [-0.05, 0) is 11.6 Å². The number of hydrogen-bond donors (Lipinski definition) is 0. The zero-order valence-electron chi connectivity index (χ0n) is 3.33. The zero-order valence-corrected chi connectivity index (χ0v) is 4.08. The summed E-state index contributed by atoms with van der Waals surface area (Å²) in [5.74, 6) is 0. The fraction of sp³-hybridized carbons (Fsp3) is 0.667. The SMILES string of the molecule is O=C(Cl)C(F)CF. The molecule has 0 saturated carbocycles. The molecule has 1 atom stereocenters. The Morgan fingerprint density at radius 3 is 2.29 bits per heavy atom. The van der Waals surface area contributed by atoms with E-state index in [4.69, 9.17) is 0 Å². The molecule has 4 heteroatoms. The Morgan fingerprint density at radius 2 is 2.29 bits per heavy atom. The van der Waals surface area contributed by atoms with Crippen LogP contribution in [-0.2, 0) is 4.79 Å². The Balaban J connectivity index is 3.34. The van der Waals surface area contributed by atoms with E-state index in [0.717, 1.165) is 0 Å².